The van der Waals surface area contributed by atoms with E-state index in [9.17, 15) is 0 Å². The normalized spacial score (nSPS) is 13.3. The third-order valence-corrected chi connectivity index (χ3v) is 2.06. The van der Waals surface area contributed by atoms with Crippen molar-refractivity contribution >= 4 is 0 Å². The Labute approximate surface area is 77.2 Å². The fourth-order valence-electron chi connectivity index (χ4n) is 1.21. The molecule has 1 atom stereocenters. The molecule has 12 heavy (non-hydrogen) atoms. The van der Waals surface area contributed by atoms with E-state index in [-0.39, 0.29) is 0 Å². The van der Waals surface area contributed by atoms with Gasteiger partial charge in [-0.3, -0.25) is 0 Å². The van der Waals surface area contributed by atoms with Crippen molar-refractivity contribution < 1.29 is 0 Å². The summed E-state index contributed by atoms with van der Waals surface area (Å²) >= 11 is 0. The zero-order chi connectivity index (χ0) is 9.40. The summed E-state index contributed by atoms with van der Waals surface area (Å²) in [5.41, 5.74) is 0. The maximum atomic E-state index is 3.76. The van der Waals surface area contributed by atoms with Crippen LogP contribution in [0.5, 0.6) is 0 Å². The molecular weight excluding hydrogens is 146 g/mol. The van der Waals surface area contributed by atoms with Crippen LogP contribution in [0, 0.1) is 11.8 Å². The molecule has 0 saturated heterocycles. The fraction of sp³-hybridized carbons (Fsp3) is 0.818. The third kappa shape index (κ3) is 6.41. The lowest BCUT2D eigenvalue weighted by Crippen LogP contribution is -2.25. The SMILES string of the molecule is C=CC[C@H](CC)CNCC(C)C. The molecule has 0 aliphatic carbocycles. The Morgan fingerprint density at radius 2 is 2.00 bits per heavy atom. The highest BCUT2D eigenvalue weighted by molar-refractivity contribution is 4.73. The van der Waals surface area contributed by atoms with Crippen molar-refractivity contribution in [3.05, 3.63) is 12.7 Å². The maximum absolute atomic E-state index is 3.76. The first-order valence-corrected chi connectivity index (χ1v) is 5.02. The average Bonchev–Trinajstić information content (AvgIpc) is 2.02. The van der Waals surface area contributed by atoms with Crippen LogP contribution in [0.2, 0.25) is 0 Å². The van der Waals surface area contributed by atoms with E-state index in [0.29, 0.717) is 0 Å². The van der Waals surface area contributed by atoms with Gasteiger partial charge in [0.25, 0.3) is 0 Å². The van der Waals surface area contributed by atoms with Crippen molar-refractivity contribution in [3.8, 4) is 0 Å². The molecule has 0 rings (SSSR count). The standard InChI is InChI=1S/C11H23N/c1-5-7-11(6-2)9-12-8-10(3)4/h5,10-12H,1,6-9H2,2-4H3/t11-/m0/s1. The average molecular weight is 169 g/mol. The van der Waals surface area contributed by atoms with Crippen LogP contribution in [0.3, 0.4) is 0 Å². The zero-order valence-corrected chi connectivity index (χ0v) is 8.77. The summed E-state index contributed by atoms with van der Waals surface area (Å²) < 4.78 is 0. The van der Waals surface area contributed by atoms with Gasteiger partial charge >= 0.3 is 0 Å². The van der Waals surface area contributed by atoms with Crippen LogP contribution >= 0.6 is 0 Å². The first-order chi connectivity index (χ1) is 5.70. The lowest BCUT2D eigenvalue weighted by Gasteiger charge is -2.14. The maximum Gasteiger partial charge on any atom is -0.00175 e. The van der Waals surface area contributed by atoms with Crippen molar-refractivity contribution in [2.24, 2.45) is 11.8 Å². The predicted octanol–water partition coefficient (Wildman–Crippen LogP) is 2.83. The summed E-state index contributed by atoms with van der Waals surface area (Å²) in [6, 6.07) is 0. The molecule has 0 spiro atoms. The van der Waals surface area contributed by atoms with Gasteiger partial charge in [-0.05, 0) is 31.3 Å². The molecule has 0 fully saturated rings. The second kappa shape index (κ2) is 7.35. The Morgan fingerprint density at radius 3 is 2.42 bits per heavy atom. The Kier molecular flexibility index (Phi) is 7.17. The second-order valence-electron chi connectivity index (χ2n) is 3.85. The third-order valence-electron chi connectivity index (χ3n) is 2.06. The van der Waals surface area contributed by atoms with Gasteiger partial charge in [0.15, 0.2) is 0 Å². The molecule has 0 amide bonds. The van der Waals surface area contributed by atoms with Gasteiger partial charge in [0.2, 0.25) is 0 Å². The molecule has 0 bridgehead atoms. The highest BCUT2D eigenvalue weighted by Crippen LogP contribution is 2.06. The lowest BCUT2D eigenvalue weighted by atomic mass is 10.0. The molecule has 0 heterocycles. The molecule has 0 aromatic carbocycles. The Morgan fingerprint density at radius 1 is 1.33 bits per heavy atom. The predicted molar refractivity (Wildman–Crippen MR) is 56.3 cm³/mol. The molecule has 1 N–H and O–H groups in total. The smallest absolute Gasteiger partial charge is 0.00175 e. The Hall–Kier alpha value is -0.300. The van der Waals surface area contributed by atoms with Crippen LogP contribution in [0.25, 0.3) is 0 Å². The Balaban J connectivity index is 3.37. The largest absolute Gasteiger partial charge is 0.316 e. The molecule has 0 aromatic heterocycles. The topological polar surface area (TPSA) is 12.0 Å². The first kappa shape index (κ1) is 11.7. The summed E-state index contributed by atoms with van der Waals surface area (Å²) in [7, 11) is 0. The molecule has 1 heteroatoms. The van der Waals surface area contributed by atoms with Crippen LogP contribution in [0.15, 0.2) is 12.7 Å². The highest BCUT2D eigenvalue weighted by atomic mass is 14.9. The summed E-state index contributed by atoms with van der Waals surface area (Å²) in [6.45, 7) is 12.8. The van der Waals surface area contributed by atoms with Gasteiger partial charge in [-0.1, -0.05) is 33.3 Å². The van der Waals surface area contributed by atoms with Crippen LogP contribution < -0.4 is 5.32 Å². The molecule has 0 saturated carbocycles. The summed E-state index contributed by atoms with van der Waals surface area (Å²) in [5, 5.41) is 3.47. The molecule has 0 aliphatic heterocycles. The molecule has 0 aromatic rings. The number of hydrogen-bond acceptors (Lipinski definition) is 1. The molecule has 0 unspecified atom stereocenters. The van der Waals surface area contributed by atoms with Gasteiger partial charge < -0.3 is 5.32 Å². The quantitative estimate of drug-likeness (QED) is 0.578. The van der Waals surface area contributed by atoms with Crippen molar-refractivity contribution in [1.29, 1.82) is 0 Å². The first-order valence-electron chi connectivity index (χ1n) is 5.02. The van der Waals surface area contributed by atoms with Crippen LogP contribution in [-0.4, -0.2) is 13.1 Å². The van der Waals surface area contributed by atoms with E-state index < -0.39 is 0 Å². The van der Waals surface area contributed by atoms with E-state index in [1.165, 1.54) is 6.42 Å². The zero-order valence-electron chi connectivity index (χ0n) is 8.77. The summed E-state index contributed by atoms with van der Waals surface area (Å²) in [6.07, 6.45) is 4.41. The molecule has 72 valence electrons. The van der Waals surface area contributed by atoms with Gasteiger partial charge in [0.1, 0.15) is 0 Å². The van der Waals surface area contributed by atoms with Crippen molar-refractivity contribution in [2.75, 3.05) is 13.1 Å². The Bertz CT molecular complexity index is 108. The minimum atomic E-state index is 0.756. The van der Waals surface area contributed by atoms with Gasteiger partial charge in [-0.2, -0.15) is 0 Å². The number of nitrogens with one attached hydrogen (secondary N) is 1. The van der Waals surface area contributed by atoms with Crippen LogP contribution in [0.4, 0.5) is 0 Å². The van der Waals surface area contributed by atoms with Gasteiger partial charge in [-0.15, -0.1) is 6.58 Å². The molecule has 0 radical (unpaired) electrons. The van der Waals surface area contributed by atoms with E-state index >= 15 is 0 Å². The van der Waals surface area contributed by atoms with Crippen molar-refractivity contribution in [3.63, 3.8) is 0 Å². The van der Waals surface area contributed by atoms with Crippen molar-refractivity contribution in [1.82, 2.24) is 5.32 Å². The van der Waals surface area contributed by atoms with Gasteiger partial charge in [-0.25, -0.2) is 0 Å². The molecule has 1 nitrogen and oxygen atoms in total. The summed E-state index contributed by atoms with van der Waals surface area (Å²) in [5.74, 6) is 1.53. The van der Waals surface area contributed by atoms with Crippen LogP contribution in [-0.2, 0) is 0 Å². The monoisotopic (exact) mass is 169 g/mol. The minimum absolute atomic E-state index is 0.756. The van der Waals surface area contributed by atoms with E-state index in [1.54, 1.807) is 0 Å². The van der Waals surface area contributed by atoms with Crippen molar-refractivity contribution in [2.45, 2.75) is 33.6 Å². The number of rotatable bonds is 7. The minimum Gasteiger partial charge on any atom is -0.316 e. The fourth-order valence-corrected chi connectivity index (χ4v) is 1.21. The van der Waals surface area contributed by atoms with Gasteiger partial charge in [0, 0.05) is 0 Å². The molecular formula is C11H23N. The number of allylic oxidation sites excluding steroid dienone is 1. The van der Waals surface area contributed by atoms with E-state index in [4.69, 9.17) is 0 Å². The van der Waals surface area contributed by atoms with Crippen LogP contribution in [0.1, 0.15) is 33.6 Å². The van der Waals surface area contributed by atoms with E-state index in [0.717, 1.165) is 31.3 Å². The van der Waals surface area contributed by atoms with Gasteiger partial charge in [0.05, 0.1) is 0 Å². The van der Waals surface area contributed by atoms with E-state index in [1.807, 2.05) is 6.08 Å². The lowest BCUT2D eigenvalue weighted by molar-refractivity contribution is 0.443. The highest BCUT2D eigenvalue weighted by Gasteiger charge is 2.03. The summed E-state index contributed by atoms with van der Waals surface area (Å²) in [4.78, 5) is 0. The molecule has 0 aliphatic rings. The number of hydrogen-bond donors (Lipinski definition) is 1. The second-order valence-corrected chi connectivity index (χ2v) is 3.85. The van der Waals surface area contributed by atoms with E-state index in [2.05, 4.69) is 32.7 Å².